The van der Waals surface area contributed by atoms with Crippen molar-refractivity contribution in [2.24, 2.45) is 0 Å². The van der Waals surface area contributed by atoms with E-state index in [1.54, 1.807) is 13.8 Å². The van der Waals surface area contributed by atoms with Gasteiger partial charge in [0.25, 0.3) is 0 Å². The Morgan fingerprint density at radius 1 is 1.14 bits per heavy atom. The SMILES string of the molecule is C=C1OC2(CCCCC2)C(O)=C1c1c(C)cc(C)c(F)c1C. The molecular weight excluding hydrogens is 279 g/mol. The first-order chi connectivity index (χ1) is 10.4. The second-order valence-corrected chi connectivity index (χ2v) is 6.63. The molecule has 0 aromatic heterocycles. The molecule has 1 aromatic carbocycles. The number of allylic oxidation sites excluding steroid dienone is 1. The number of hydrogen-bond acceptors (Lipinski definition) is 2. The van der Waals surface area contributed by atoms with E-state index in [0.717, 1.165) is 43.2 Å². The first-order valence-electron chi connectivity index (χ1n) is 7.96. The summed E-state index contributed by atoms with van der Waals surface area (Å²) in [4.78, 5) is 0. The topological polar surface area (TPSA) is 29.5 Å². The van der Waals surface area contributed by atoms with Gasteiger partial charge in [0.2, 0.25) is 0 Å². The summed E-state index contributed by atoms with van der Waals surface area (Å²) in [6, 6.07) is 1.82. The smallest absolute Gasteiger partial charge is 0.166 e. The molecule has 3 rings (SSSR count). The van der Waals surface area contributed by atoms with E-state index >= 15 is 0 Å². The number of aryl methyl sites for hydroxylation is 2. The minimum absolute atomic E-state index is 0.224. The summed E-state index contributed by atoms with van der Waals surface area (Å²) in [6.45, 7) is 9.44. The molecule has 1 N–H and O–H groups in total. The Labute approximate surface area is 131 Å². The van der Waals surface area contributed by atoms with Gasteiger partial charge in [0.15, 0.2) is 5.60 Å². The fourth-order valence-corrected chi connectivity index (χ4v) is 3.96. The molecule has 0 saturated heterocycles. The number of aliphatic hydroxyl groups excluding tert-OH is 1. The summed E-state index contributed by atoms with van der Waals surface area (Å²) in [5.74, 6) is 0.485. The standard InChI is InChI=1S/C19H23FO2/c1-11-10-12(2)17(20)13(3)15(11)16-14(4)22-19(18(16)21)8-6-5-7-9-19/h10,21H,4-9H2,1-3H3. The van der Waals surface area contributed by atoms with Crippen LogP contribution in [0.15, 0.2) is 24.2 Å². The van der Waals surface area contributed by atoms with Crippen molar-refractivity contribution >= 4 is 5.57 Å². The van der Waals surface area contributed by atoms with E-state index in [-0.39, 0.29) is 11.6 Å². The Kier molecular flexibility index (Phi) is 3.54. The molecule has 0 radical (unpaired) electrons. The zero-order valence-corrected chi connectivity index (χ0v) is 13.6. The van der Waals surface area contributed by atoms with Crippen molar-refractivity contribution in [2.75, 3.05) is 0 Å². The molecule has 1 aliphatic heterocycles. The van der Waals surface area contributed by atoms with Crippen molar-refractivity contribution < 1.29 is 14.2 Å². The third-order valence-electron chi connectivity index (χ3n) is 5.05. The molecule has 1 aliphatic carbocycles. The van der Waals surface area contributed by atoms with Gasteiger partial charge in [0.1, 0.15) is 17.3 Å². The molecule has 2 aliphatic rings. The van der Waals surface area contributed by atoms with Gasteiger partial charge in [-0.25, -0.2) is 4.39 Å². The van der Waals surface area contributed by atoms with Gasteiger partial charge in [-0.15, -0.1) is 0 Å². The number of hydrogen-bond donors (Lipinski definition) is 1. The van der Waals surface area contributed by atoms with Gasteiger partial charge in [0.05, 0.1) is 5.57 Å². The fraction of sp³-hybridized carbons (Fsp3) is 0.474. The largest absolute Gasteiger partial charge is 0.507 e. The minimum Gasteiger partial charge on any atom is -0.507 e. The van der Waals surface area contributed by atoms with Crippen LogP contribution < -0.4 is 0 Å². The normalized spacial score (nSPS) is 20.6. The van der Waals surface area contributed by atoms with E-state index in [2.05, 4.69) is 6.58 Å². The molecule has 1 fully saturated rings. The zero-order chi connectivity index (χ0) is 16.1. The summed E-state index contributed by atoms with van der Waals surface area (Å²) in [5, 5.41) is 10.9. The van der Waals surface area contributed by atoms with E-state index < -0.39 is 5.60 Å². The average Bonchev–Trinajstić information content (AvgIpc) is 2.70. The molecule has 22 heavy (non-hydrogen) atoms. The molecular formula is C19H23FO2. The van der Waals surface area contributed by atoms with Crippen LogP contribution in [0.3, 0.4) is 0 Å². The summed E-state index contributed by atoms with van der Waals surface area (Å²) < 4.78 is 20.3. The second-order valence-electron chi connectivity index (χ2n) is 6.63. The molecule has 118 valence electrons. The van der Waals surface area contributed by atoms with E-state index in [1.165, 1.54) is 0 Å². The van der Waals surface area contributed by atoms with Crippen LogP contribution in [0.5, 0.6) is 0 Å². The van der Waals surface area contributed by atoms with Gasteiger partial charge in [-0.1, -0.05) is 19.1 Å². The summed E-state index contributed by atoms with van der Waals surface area (Å²) >= 11 is 0. The van der Waals surface area contributed by atoms with Crippen LogP contribution in [0, 0.1) is 26.6 Å². The van der Waals surface area contributed by atoms with Crippen LogP contribution in [0.25, 0.3) is 5.57 Å². The molecule has 0 atom stereocenters. The van der Waals surface area contributed by atoms with E-state index in [4.69, 9.17) is 4.74 Å². The Hall–Kier alpha value is -1.77. The monoisotopic (exact) mass is 302 g/mol. The van der Waals surface area contributed by atoms with Crippen molar-refractivity contribution in [3.05, 3.63) is 52.2 Å². The van der Waals surface area contributed by atoms with E-state index in [0.29, 0.717) is 22.5 Å². The van der Waals surface area contributed by atoms with Gasteiger partial charge in [-0.3, -0.25) is 0 Å². The molecule has 3 heteroatoms. The van der Waals surface area contributed by atoms with Gasteiger partial charge >= 0.3 is 0 Å². The number of aliphatic hydroxyl groups is 1. The van der Waals surface area contributed by atoms with Crippen LogP contribution in [0.2, 0.25) is 0 Å². The molecule has 0 bridgehead atoms. The lowest BCUT2D eigenvalue weighted by Gasteiger charge is -2.32. The van der Waals surface area contributed by atoms with Crippen LogP contribution in [0.1, 0.15) is 54.4 Å². The highest BCUT2D eigenvalue weighted by atomic mass is 19.1. The lowest BCUT2D eigenvalue weighted by molar-refractivity contribution is -0.00335. The predicted octanol–water partition coefficient (Wildman–Crippen LogP) is 5.27. The average molecular weight is 302 g/mol. The lowest BCUT2D eigenvalue weighted by atomic mass is 9.81. The first-order valence-corrected chi connectivity index (χ1v) is 7.96. The van der Waals surface area contributed by atoms with Crippen molar-refractivity contribution in [3.8, 4) is 0 Å². The van der Waals surface area contributed by atoms with Gasteiger partial charge in [0, 0.05) is 0 Å². The number of rotatable bonds is 1. The zero-order valence-electron chi connectivity index (χ0n) is 13.6. The quantitative estimate of drug-likeness (QED) is 0.766. The van der Waals surface area contributed by atoms with Crippen molar-refractivity contribution in [3.63, 3.8) is 0 Å². The highest BCUT2D eigenvalue weighted by Crippen LogP contribution is 2.50. The summed E-state index contributed by atoms with van der Waals surface area (Å²) in [5.41, 5.74) is 2.80. The number of benzene rings is 1. The molecule has 1 saturated carbocycles. The van der Waals surface area contributed by atoms with E-state index in [9.17, 15) is 9.50 Å². The van der Waals surface area contributed by atoms with Crippen LogP contribution in [0.4, 0.5) is 4.39 Å². The summed E-state index contributed by atoms with van der Waals surface area (Å²) in [7, 11) is 0. The van der Waals surface area contributed by atoms with Gasteiger partial charge in [-0.05, 0) is 68.7 Å². The molecule has 1 heterocycles. The van der Waals surface area contributed by atoms with E-state index in [1.807, 2.05) is 13.0 Å². The lowest BCUT2D eigenvalue weighted by Crippen LogP contribution is -2.33. The Balaban J connectivity index is 2.19. The van der Waals surface area contributed by atoms with Crippen LogP contribution in [-0.4, -0.2) is 10.7 Å². The van der Waals surface area contributed by atoms with Crippen molar-refractivity contribution in [1.82, 2.24) is 0 Å². The fourth-order valence-electron chi connectivity index (χ4n) is 3.96. The van der Waals surface area contributed by atoms with Crippen LogP contribution in [-0.2, 0) is 4.74 Å². The number of ether oxygens (including phenoxy) is 1. The molecule has 1 aromatic rings. The first kappa shape index (κ1) is 15.1. The Bertz CT molecular complexity index is 679. The molecule has 0 unspecified atom stereocenters. The minimum atomic E-state index is -0.634. The number of halogens is 1. The third-order valence-corrected chi connectivity index (χ3v) is 5.05. The highest BCUT2D eigenvalue weighted by Gasteiger charge is 2.47. The summed E-state index contributed by atoms with van der Waals surface area (Å²) in [6.07, 6.45) is 4.83. The molecule has 1 spiro atoms. The molecule has 0 amide bonds. The Morgan fingerprint density at radius 2 is 1.77 bits per heavy atom. The maximum Gasteiger partial charge on any atom is 0.166 e. The third kappa shape index (κ3) is 2.06. The highest BCUT2D eigenvalue weighted by molar-refractivity contribution is 5.84. The van der Waals surface area contributed by atoms with Gasteiger partial charge in [-0.2, -0.15) is 0 Å². The second kappa shape index (κ2) is 5.15. The maximum atomic E-state index is 14.3. The predicted molar refractivity (Wildman–Crippen MR) is 86.2 cm³/mol. The van der Waals surface area contributed by atoms with Crippen molar-refractivity contribution in [2.45, 2.75) is 58.5 Å². The maximum absolute atomic E-state index is 14.3. The molecule has 2 nitrogen and oxygen atoms in total. The van der Waals surface area contributed by atoms with Gasteiger partial charge < -0.3 is 9.84 Å². The van der Waals surface area contributed by atoms with Crippen LogP contribution >= 0.6 is 0 Å². The Morgan fingerprint density at radius 3 is 2.41 bits per heavy atom. The van der Waals surface area contributed by atoms with Crippen molar-refractivity contribution in [1.29, 1.82) is 0 Å².